The number of aliphatic imine (C=N–C) groups is 1. The number of amidine groups is 2. The molecule has 0 atom stereocenters. The number of rotatable bonds is 8. The Morgan fingerprint density at radius 3 is 2.43 bits per heavy atom. The Morgan fingerprint density at radius 2 is 1.74 bits per heavy atom. The zero-order valence-electron chi connectivity index (χ0n) is 18.9. The molecule has 0 aromatic heterocycles. The van der Waals surface area contributed by atoms with Crippen LogP contribution in [0.25, 0.3) is 6.08 Å². The fraction of sp³-hybridized carbons (Fsp3) is 0.217. The lowest BCUT2D eigenvalue weighted by Gasteiger charge is -2.20. The van der Waals surface area contributed by atoms with Crippen LogP contribution in [0.3, 0.4) is 0 Å². The zero-order chi connectivity index (χ0) is 25.0. The van der Waals surface area contributed by atoms with E-state index >= 15 is 0 Å². The van der Waals surface area contributed by atoms with Crippen molar-refractivity contribution < 1.29 is 27.4 Å². The number of hydrazone groups is 1. The van der Waals surface area contributed by atoms with E-state index in [1.807, 2.05) is 24.3 Å². The first-order valence-corrected chi connectivity index (χ1v) is 13.2. The minimum atomic E-state index is -3.58. The summed E-state index contributed by atoms with van der Waals surface area (Å²) in [6.07, 6.45) is 3.19. The first kappa shape index (κ1) is 24.5. The van der Waals surface area contributed by atoms with Crippen LogP contribution in [0.4, 0.5) is 0 Å². The molecule has 2 aliphatic rings. The topological polar surface area (TPSA) is 131 Å². The van der Waals surface area contributed by atoms with Gasteiger partial charge in [-0.3, -0.25) is 10.2 Å². The Kier molecular flexibility index (Phi) is 7.22. The van der Waals surface area contributed by atoms with Gasteiger partial charge in [-0.05, 0) is 47.7 Å². The van der Waals surface area contributed by atoms with E-state index in [9.17, 15) is 13.2 Å². The molecule has 12 heteroatoms. The van der Waals surface area contributed by atoms with E-state index in [-0.39, 0.29) is 21.0 Å². The molecule has 0 radical (unpaired) electrons. The maximum Gasteiger partial charge on any atom is 0.283 e. The molecular formula is C23H22N4O6S2. The summed E-state index contributed by atoms with van der Waals surface area (Å²) in [7, 11) is -1.98. The van der Waals surface area contributed by atoms with Crippen molar-refractivity contribution in [3.63, 3.8) is 0 Å². The summed E-state index contributed by atoms with van der Waals surface area (Å²) in [4.78, 5) is 16.3. The molecule has 1 N–H and O–H groups in total. The van der Waals surface area contributed by atoms with Gasteiger partial charge in [0.1, 0.15) is 5.75 Å². The SMILES string of the molecule is COc1ccccc1OCCCOc1ccc(/C=C2\C(=N)N3N=C(S(C)(=O)=O)SC3=NC2=O)cc1. The molecule has 0 fully saturated rings. The monoisotopic (exact) mass is 514 g/mol. The van der Waals surface area contributed by atoms with Crippen LogP contribution >= 0.6 is 11.8 Å². The third-order valence-electron chi connectivity index (χ3n) is 4.83. The van der Waals surface area contributed by atoms with Crippen molar-refractivity contribution in [2.24, 2.45) is 10.1 Å². The van der Waals surface area contributed by atoms with Gasteiger partial charge in [0.15, 0.2) is 17.3 Å². The second-order valence-electron chi connectivity index (χ2n) is 7.43. The average Bonchev–Trinajstić information content (AvgIpc) is 3.27. The second kappa shape index (κ2) is 10.3. The number of para-hydroxylation sites is 2. The van der Waals surface area contributed by atoms with Crippen LogP contribution in [-0.2, 0) is 14.6 Å². The Labute approximate surface area is 206 Å². The van der Waals surface area contributed by atoms with Crippen LogP contribution in [0.5, 0.6) is 17.2 Å². The Balaban J connectivity index is 1.33. The number of hydrogen-bond donors (Lipinski definition) is 1. The number of amides is 1. The highest BCUT2D eigenvalue weighted by molar-refractivity contribution is 8.42. The maximum atomic E-state index is 12.4. The Bertz CT molecular complexity index is 1350. The summed E-state index contributed by atoms with van der Waals surface area (Å²) in [6, 6.07) is 14.4. The number of thioether (sulfide) groups is 1. The number of carbonyl (C=O) groups excluding carboxylic acids is 1. The predicted octanol–water partition coefficient (Wildman–Crippen LogP) is 3.16. The summed E-state index contributed by atoms with van der Waals surface area (Å²) >= 11 is 0.748. The molecule has 2 aromatic carbocycles. The van der Waals surface area contributed by atoms with Gasteiger partial charge < -0.3 is 14.2 Å². The van der Waals surface area contributed by atoms with E-state index in [1.54, 1.807) is 31.4 Å². The fourth-order valence-electron chi connectivity index (χ4n) is 3.12. The number of carbonyl (C=O) groups is 1. The highest BCUT2D eigenvalue weighted by Gasteiger charge is 2.38. The number of benzene rings is 2. The molecule has 4 rings (SSSR count). The number of sulfone groups is 1. The fourth-order valence-corrected chi connectivity index (χ4v) is 4.81. The molecule has 10 nitrogen and oxygen atoms in total. The first-order valence-electron chi connectivity index (χ1n) is 10.5. The Morgan fingerprint density at radius 1 is 1.06 bits per heavy atom. The largest absolute Gasteiger partial charge is 0.493 e. The van der Waals surface area contributed by atoms with E-state index in [0.717, 1.165) is 23.0 Å². The lowest BCUT2D eigenvalue weighted by atomic mass is 10.1. The Hall–Kier alpha value is -3.64. The van der Waals surface area contributed by atoms with E-state index in [1.165, 1.54) is 6.08 Å². The van der Waals surface area contributed by atoms with Gasteiger partial charge in [-0.15, -0.1) is 5.10 Å². The first-order chi connectivity index (χ1) is 16.8. The minimum Gasteiger partial charge on any atom is -0.493 e. The third kappa shape index (κ3) is 5.72. The molecule has 35 heavy (non-hydrogen) atoms. The molecule has 182 valence electrons. The van der Waals surface area contributed by atoms with Gasteiger partial charge in [0.05, 0.1) is 25.9 Å². The summed E-state index contributed by atoms with van der Waals surface area (Å²) in [5.74, 6) is 1.14. The van der Waals surface area contributed by atoms with E-state index in [0.29, 0.717) is 42.4 Å². The standard InChI is InChI=1S/C23H22N4O6S2/c1-31-18-6-3-4-7-19(18)33-13-5-12-32-16-10-8-15(9-11-16)14-17-20(24)27-22(25-21(17)28)34-23(26-27)35(2,29)30/h3-4,6-11,14,24H,5,12-13H2,1-2H3/b17-14+,24-20?. The molecular weight excluding hydrogens is 492 g/mol. The van der Waals surface area contributed by atoms with Crippen LogP contribution in [-0.4, -0.2) is 61.3 Å². The van der Waals surface area contributed by atoms with Crippen molar-refractivity contribution in [1.82, 2.24) is 5.01 Å². The number of methoxy groups -OCH3 is 1. The lowest BCUT2D eigenvalue weighted by molar-refractivity contribution is -0.114. The van der Waals surface area contributed by atoms with Crippen LogP contribution in [0.1, 0.15) is 12.0 Å². The summed E-state index contributed by atoms with van der Waals surface area (Å²) in [6.45, 7) is 0.916. The van der Waals surface area contributed by atoms with Gasteiger partial charge in [0.25, 0.3) is 5.91 Å². The molecule has 0 saturated heterocycles. The quantitative estimate of drug-likeness (QED) is 0.420. The number of fused-ring (bicyclic) bond motifs is 1. The van der Waals surface area contributed by atoms with Crippen LogP contribution in [0, 0.1) is 5.41 Å². The molecule has 0 saturated carbocycles. The van der Waals surface area contributed by atoms with Crippen LogP contribution in [0.15, 0.2) is 64.2 Å². The highest BCUT2D eigenvalue weighted by Crippen LogP contribution is 2.30. The number of nitrogens with zero attached hydrogens (tertiary/aromatic N) is 3. The average molecular weight is 515 g/mol. The zero-order valence-corrected chi connectivity index (χ0v) is 20.6. The molecule has 0 spiro atoms. The smallest absolute Gasteiger partial charge is 0.283 e. The number of ether oxygens (including phenoxy) is 3. The van der Waals surface area contributed by atoms with Crippen molar-refractivity contribution in [2.75, 3.05) is 26.6 Å². The van der Waals surface area contributed by atoms with Crippen LogP contribution < -0.4 is 14.2 Å². The molecule has 1 amide bonds. The lowest BCUT2D eigenvalue weighted by Crippen LogP contribution is -2.35. The minimum absolute atomic E-state index is 0.00927. The van der Waals surface area contributed by atoms with Gasteiger partial charge in [-0.25, -0.2) is 8.42 Å². The van der Waals surface area contributed by atoms with Crippen molar-refractivity contribution in [3.8, 4) is 17.2 Å². The third-order valence-corrected chi connectivity index (χ3v) is 7.41. The van der Waals surface area contributed by atoms with Gasteiger partial charge in [-0.1, -0.05) is 24.3 Å². The van der Waals surface area contributed by atoms with E-state index < -0.39 is 15.7 Å². The highest BCUT2D eigenvalue weighted by atomic mass is 32.3. The summed E-state index contributed by atoms with van der Waals surface area (Å²) in [5, 5.41) is 13.3. The summed E-state index contributed by atoms with van der Waals surface area (Å²) < 4.78 is 40.0. The molecule has 0 aliphatic carbocycles. The van der Waals surface area contributed by atoms with Crippen molar-refractivity contribution in [1.29, 1.82) is 5.41 Å². The van der Waals surface area contributed by atoms with Gasteiger partial charge in [0, 0.05) is 12.7 Å². The molecule has 2 heterocycles. The van der Waals surface area contributed by atoms with Gasteiger partial charge in [-0.2, -0.15) is 10.0 Å². The van der Waals surface area contributed by atoms with Gasteiger partial charge >= 0.3 is 0 Å². The second-order valence-corrected chi connectivity index (χ2v) is 10.6. The maximum absolute atomic E-state index is 12.4. The van der Waals surface area contributed by atoms with Crippen molar-refractivity contribution in [2.45, 2.75) is 6.42 Å². The molecule has 0 bridgehead atoms. The molecule has 2 aromatic rings. The predicted molar refractivity (Wildman–Crippen MR) is 135 cm³/mol. The number of hydrogen-bond acceptors (Lipinski definition) is 9. The molecule has 2 aliphatic heterocycles. The van der Waals surface area contributed by atoms with E-state index in [2.05, 4.69) is 10.1 Å². The van der Waals surface area contributed by atoms with E-state index in [4.69, 9.17) is 19.6 Å². The summed E-state index contributed by atoms with van der Waals surface area (Å²) in [5.41, 5.74) is 0.665. The van der Waals surface area contributed by atoms with Crippen LogP contribution in [0.2, 0.25) is 0 Å². The normalized spacial score (nSPS) is 16.6. The number of nitrogens with one attached hydrogen (secondary N) is 1. The van der Waals surface area contributed by atoms with Crippen molar-refractivity contribution >= 4 is 49.0 Å². The van der Waals surface area contributed by atoms with Crippen molar-refractivity contribution in [3.05, 3.63) is 59.7 Å². The van der Waals surface area contributed by atoms with Gasteiger partial charge in [0.2, 0.25) is 19.4 Å². The molecule has 0 unspecified atom stereocenters.